The number of phenolic OH excluding ortho intramolecular Hbond substituents is 2. The third-order valence-corrected chi connectivity index (χ3v) is 6.54. The quantitative estimate of drug-likeness (QED) is 0.385. The van der Waals surface area contributed by atoms with Gasteiger partial charge in [0.1, 0.15) is 11.5 Å². The Balaban J connectivity index is 3.24. The third-order valence-electron chi connectivity index (χ3n) is 6.54. The number of aromatic hydroxyl groups is 2. The Morgan fingerprint density at radius 2 is 0.686 bits per heavy atom. The first-order valence-electron chi connectivity index (χ1n) is 11.7. The standard InChI is InChI=1S/C27H34F6O2/c1-13(2)19-9-17(10-20(14(3)4)23(19)34)25(26(28,29)30,27(31,32)33)18-11-21(15(5)6)24(35)22(12-18)16(7)8/h9-16,34-35H,1-8H3. The van der Waals surface area contributed by atoms with E-state index in [2.05, 4.69) is 0 Å². The second-order valence-corrected chi connectivity index (χ2v) is 10.4. The van der Waals surface area contributed by atoms with Gasteiger partial charge in [0.15, 0.2) is 0 Å². The number of rotatable bonds is 6. The molecule has 0 saturated carbocycles. The molecule has 0 radical (unpaired) electrons. The number of benzene rings is 2. The van der Waals surface area contributed by atoms with E-state index in [1.165, 1.54) is 0 Å². The van der Waals surface area contributed by atoms with Crippen LogP contribution in [0.5, 0.6) is 11.5 Å². The van der Waals surface area contributed by atoms with Crippen LogP contribution in [0.2, 0.25) is 0 Å². The smallest absolute Gasteiger partial charge is 0.411 e. The lowest BCUT2D eigenvalue weighted by atomic mass is 9.69. The molecule has 0 amide bonds. The minimum absolute atomic E-state index is 0.0102. The summed E-state index contributed by atoms with van der Waals surface area (Å²) in [5.41, 5.74) is -6.34. The van der Waals surface area contributed by atoms with Crippen molar-refractivity contribution in [2.24, 2.45) is 0 Å². The fourth-order valence-corrected chi connectivity index (χ4v) is 4.54. The van der Waals surface area contributed by atoms with E-state index in [4.69, 9.17) is 0 Å². The van der Waals surface area contributed by atoms with Crippen LogP contribution in [-0.2, 0) is 5.41 Å². The fourth-order valence-electron chi connectivity index (χ4n) is 4.54. The lowest BCUT2D eigenvalue weighted by Crippen LogP contribution is -2.55. The summed E-state index contributed by atoms with van der Waals surface area (Å²) >= 11 is 0. The molecule has 0 unspecified atom stereocenters. The van der Waals surface area contributed by atoms with E-state index in [1.807, 2.05) is 0 Å². The largest absolute Gasteiger partial charge is 0.507 e. The predicted octanol–water partition coefficient (Wildman–Crippen LogP) is 9.00. The van der Waals surface area contributed by atoms with Crippen LogP contribution >= 0.6 is 0 Å². The highest BCUT2D eigenvalue weighted by atomic mass is 19.4. The zero-order chi connectivity index (χ0) is 27.3. The van der Waals surface area contributed by atoms with Crippen molar-refractivity contribution in [3.8, 4) is 11.5 Å². The van der Waals surface area contributed by atoms with Gasteiger partial charge in [0, 0.05) is 0 Å². The van der Waals surface area contributed by atoms with Gasteiger partial charge in [-0.05, 0) is 57.1 Å². The monoisotopic (exact) mass is 504 g/mol. The number of halogens is 6. The van der Waals surface area contributed by atoms with Crippen LogP contribution in [0.15, 0.2) is 24.3 Å². The van der Waals surface area contributed by atoms with Crippen LogP contribution in [0.4, 0.5) is 26.3 Å². The van der Waals surface area contributed by atoms with Crippen molar-refractivity contribution in [1.82, 2.24) is 0 Å². The Kier molecular flexibility index (Phi) is 7.90. The van der Waals surface area contributed by atoms with E-state index in [0.717, 1.165) is 24.3 Å². The average Bonchev–Trinajstić information content (AvgIpc) is 2.67. The van der Waals surface area contributed by atoms with Gasteiger partial charge in [-0.15, -0.1) is 0 Å². The second-order valence-electron chi connectivity index (χ2n) is 10.4. The molecule has 2 rings (SSSR count). The molecule has 8 heteroatoms. The molecule has 2 N–H and O–H groups in total. The van der Waals surface area contributed by atoms with Crippen molar-refractivity contribution < 1.29 is 36.6 Å². The van der Waals surface area contributed by atoms with Crippen LogP contribution in [-0.4, -0.2) is 22.6 Å². The highest BCUT2D eigenvalue weighted by molar-refractivity contribution is 5.57. The predicted molar refractivity (Wildman–Crippen MR) is 125 cm³/mol. The van der Waals surface area contributed by atoms with Crippen molar-refractivity contribution in [3.05, 3.63) is 57.6 Å². The molecule has 0 aliphatic carbocycles. The molecule has 0 saturated heterocycles. The Labute approximate surface area is 203 Å². The fraction of sp³-hybridized carbons (Fsp3) is 0.556. The highest BCUT2D eigenvalue weighted by Crippen LogP contribution is 2.58. The Hall–Kier alpha value is -2.38. The van der Waals surface area contributed by atoms with E-state index >= 15 is 0 Å². The van der Waals surface area contributed by atoms with Gasteiger partial charge in [0.2, 0.25) is 5.41 Å². The van der Waals surface area contributed by atoms with Crippen LogP contribution in [0.1, 0.15) is 112 Å². The van der Waals surface area contributed by atoms with Crippen LogP contribution in [0.3, 0.4) is 0 Å². The van der Waals surface area contributed by atoms with Crippen LogP contribution < -0.4 is 0 Å². The summed E-state index contributed by atoms with van der Waals surface area (Å²) in [7, 11) is 0. The summed E-state index contributed by atoms with van der Waals surface area (Å²) in [4.78, 5) is 0. The number of alkyl halides is 6. The minimum atomic E-state index is -5.77. The van der Waals surface area contributed by atoms with E-state index in [9.17, 15) is 36.6 Å². The molecule has 2 aromatic rings. The molecular formula is C27H34F6O2. The van der Waals surface area contributed by atoms with Crippen molar-refractivity contribution in [2.75, 3.05) is 0 Å². The van der Waals surface area contributed by atoms with Crippen molar-refractivity contribution in [3.63, 3.8) is 0 Å². The zero-order valence-electron chi connectivity index (χ0n) is 21.3. The van der Waals surface area contributed by atoms with E-state index in [0.29, 0.717) is 0 Å². The summed E-state index contributed by atoms with van der Waals surface area (Å²) in [5, 5.41) is 21.3. The van der Waals surface area contributed by atoms with E-state index in [1.54, 1.807) is 55.4 Å². The minimum Gasteiger partial charge on any atom is -0.507 e. The Bertz CT molecular complexity index is 919. The van der Waals surface area contributed by atoms with Crippen LogP contribution in [0.25, 0.3) is 0 Å². The maximum absolute atomic E-state index is 14.9. The van der Waals surface area contributed by atoms with Crippen molar-refractivity contribution in [1.29, 1.82) is 0 Å². The lowest BCUT2D eigenvalue weighted by Gasteiger charge is -2.40. The molecule has 196 valence electrons. The van der Waals surface area contributed by atoms with Gasteiger partial charge in [0.05, 0.1) is 0 Å². The molecule has 0 fully saturated rings. The summed E-state index contributed by atoms with van der Waals surface area (Å²) in [5.74, 6) is -2.69. The zero-order valence-corrected chi connectivity index (χ0v) is 21.3. The van der Waals surface area contributed by atoms with E-state index in [-0.39, 0.29) is 33.8 Å². The normalized spacial score (nSPS) is 13.5. The number of hydrogen-bond acceptors (Lipinski definition) is 2. The molecule has 0 bridgehead atoms. The molecule has 0 atom stereocenters. The molecule has 0 aromatic heterocycles. The maximum Gasteiger partial charge on any atom is 0.411 e. The number of phenols is 2. The first-order valence-corrected chi connectivity index (χ1v) is 11.7. The molecule has 0 aliphatic rings. The van der Waals surface area contributed by atoms with Crippen molar-refractivity contribution in [2.45, 2.75) is 96.8 Å². The SMILES string of the molecule is CC(C)c1cc(C(c2cc(C(C)C)c(O)c(C(C)C)c2)(C(F)(F)F)C(F)(F)F)cc(C(C)C)c1O. The molecule has 0 aliphatic heterocycles. The van der Waals surface area contributed by atoms with Gasteiger partial charge < -0.3 is 10.2 Å². The third kappa shape index (κ3) is 4.85. The lowest BCUT2D eigenvalue weighted by molar-refractivity contribution is -0.288. The topological polar surface area (TPSA) is 40.5 Å². The first kappa shape index (κ1) is 28.9. The first-order chi connectivity index (χ1) is 15.8. The van der Waals surface area contributed by atoms with Gasteiger partial charge in [-0.25, -0.2) is 0 Å². The molecular weight excluding hydrogens is 470 g/mol. The van der Waals surface area contributed by atoms with Gasteiger partial charge in [0.25, 0.3) is 0 Å². The van der Waals surface area contributed by atoms with Gasteiger partial charge >= 0.3 is 12.4 Å². The van der Waals surface area contributed by atoms with E-state index < -0.39 is 52.6 Å². The highest BCUT2D eigenvalue weighted by Gasteiger charge is 2.72. The molecule has 35 heavy (non-hydrogen) atoms. The molecule has 0 heterocycles. The molecule has 2 nitrogen and oxygen atoms in total. The Morgan fingerprint density at radius 3 is 0.829 bits per heavy atom. The molecule has 0 spiro atoms. The molecule has 2 aromatic carbocycles. The average molecular weight is 505 g/mol. The maximum atomic E-state index is 14.9. The summed E-state index contributed by atoms with van der Waals surface area (Å²) < 4.78 is 89.6. The van der Waals surface area contributed by atoms with Crippen LogP contribution in [0, 0.1) is 0 Å². The van der Waals surface area contributed by atoms with Gasteiger partial charge in [-0.2, -0.15) is 26.3 Å². The van der Waals surface area contributed by atoms with Gasteiger partial charge in [-0.3, -0.25) is 0 Å². The Morgan fingerprint density at radius 1 is 0.486 bits per heavy atom. The van der Waals surface area contributed by atoms with Crippen molar-refractivity contribution >= 4 is 0 Å². The summed E-state index contributed by atoms with van der Waals surface area (Å²) in [6.07, 6.45) is -11.5. The van der Waals surface area contributed by atoms with Gasteiger partial charge in [-0.1, -0.05) is 79.7 Å². The number of hydrogen-bond donors (Lipinski definition) is 2. The summed E-state index contributed by atoms with van der Waals surface area (Å²) in [6, 6.07) is 3.29. The second kappa shape index (κ2) is 9.58. The summed E-state index contributed by atoms with van der Waals surface area (Å²) in [6.45, 7) is 12.8.